The van der Waals surface area contributed by atoms with Crippen molar-refractivity contribution in [2.24, 2.45) is 5.92 Å². The van der Waals surface area contributed by atoms with Crippen LogP contribution in [0.4, 0.5) is 5.69 Å². The summed E-state index contributed by atoms with van der Waals surface area (Å²) in [4.78, 5) is 22.9. The van der Waals surface area contributed by atoms with Crippen molar-refractivity contribution in [3.8, 4) is 0 Å². The van der Waals surface area contributed by atoms with Gasteiger partial charge in [0.1, 0.15) is 11.2 Å². The molecular weight excluding hydrogens is 352 g/mol. The Balaban J connectivity index is 2.19. The van der Waals surface area contributed by atoms with Gasteiger partial charge >= 0.3 is 5.97 Å². The predicted molar refractivity (Wildman–Crippen MR) is 84.7 cm³/mol. The summed E-state index contributed by atoms with van der Waals surface area (Å²) in [6.45, 7) is 5.80. The number of nitro benzene ring substituents is 1. The molecule has 1 fully saturated rings. The molecule has 0 bridgehead atoms. The summed E-state index contributed by atoms with van der Waals surface area (Å²) in [5.74, 6) is -0.366. The van der Waals surface area contributed by atoms with Crippen molar-refractivity contribution < 1.29 is 19.8 Å². The maximum Gasteiger partial charge on any atom is 0.345 e. The molecule has 7 heteroatoms. The molecule has 1 heterocycles. The van der Waals surface area contributed by atoms with Crippen molar-refractivity contribution in [3.05, 3.63) is 38.3 Å². The van der Waals surface area contributed by atoms with E-state index >= 15 is 0 Å². The molecule has 0 aromatic heterocycles. The first-order valence-corrected chi connectivity index (χ1v) is 8.09. The van der Waals surface area contributed by atoms with E-state index in [1.807, 2.05) is 13.8 Å². The second-order valence-electron chi connectivity index (χ2n) is 6.05. The standard InChI is InChI=1S/C15H19BrN2O4/c1-15(2,10-5-7-17-8-6-10)22-14(19)12-4-3-11(16)9-13(12)18(20)21/h3-4,9-10,17H,5-8H2,1-2H3/p+1. The molecule has 0 radical (unpaired) electrons. The van der Waals surface area contributed by atoms with Gasteiger partial charge in [0, 0.05) is 29.3 Å². The van der Waals surface area contributed by atoms with Crippen LogP contribution in [0.2, 0.25) is 0 Å². The van der Waals surface area contributed by atoms with Gasteiger partial charge in [-0.05, 0) is 26.0 Å². The molecule has 1 saturated heterocycles. The molecule has 22 heavy (non-hydrogen) atoms. The van der Waals surface area contributed by atoms with Gasteiger partial charge < -0.3 is 10.1 Å². The largest absolute Gasteiger partial charge is 0.456 e. The van der Waals surface area contributed by atoms with Crippen LogP contribution in [-0.2, 0) is 4.74 Å². The Bertz CT molecular complexity index is 583. The molecule has 2 N–H and O–H groups in total. The minimum atomic E-state index is -0.640. The summed E-state index contributed by atoms with van der Waals surface area (Å²) >= 11 is 3.18. The number of carbonyl (C=O) groups is 1. The Kier molecular flexibility index (Phi) is 5.18. The van der Waals surface area contributed by atoms with Gasteiger partial charge in [-0.25, -0.2) is 4.79 Å². The summed E-state index contributed by atoms with van der Waals surface area (Å²) in [5, 5.41) is 13.4. The number of piperidine rings is 1. The van der Waals surface area contributed by atoms with Crippen LogP contribution in [0.15, 0.2) is 22.7 Å². The van der Waals surface area contributed by atoms with Crippen LogP contribution in [0.25, 0.3) is 0 Å². The zero-order valence-corrected chi connectivity index (χ0v) is 14.3. The maximum absolute atomic E-state index is 12.4. The number of nitrogens with zero attached hydrogens (tertiary/aromatic N) is 1. The number of ether oxygens (including phenoxy) is 1. The molecule has 1 aromatic carbocycles. The van der Waals surface area contributed by atoms with Crippen molar-refractivity contribution in [1.29, 1.82) is 0 Å². The van der Waals surface area contributed by atoms with Gasteiger partial charge in [0.25, 0.3) is 5.69 Å². The van der Waals surface area contributed by atoms with E-state index < -0.39 is 16.5 Å². The van der Waals surface area contributed by atoms with Crippen LogP contribution in [0, 0.1) is 16.0 Å². The van der Waals surface area contributed by atoms with E-state index in [-0.39, 0.29) is 17.2 Å². The van der Waals surface area contributed by atoms with Crippen molar-refractivity contribution in [2.45, 2.75) is 32.3 Å². The van der Waals surface area contributed by atoms with Crippen molar-refractivity contribution in [2.75, 3.05) is 13.1 Å². The lowest BCUT2D eigenvalue weighted by molar-refractivity contribution is -0.665. The number of nitrogens with two attached hydrogens (primary N) is 1. The summed E-state index contributed by atoms with van der Waals surface area (Å²) in [7, 11) is 0. The zero-order valence-electron chi connectivity index (χ0n) is 12.7. The fraction of sp³-hybridized carbons (Fsp3) is 0.533. The second kappa shape index (κ2) is 6.75. The smallest absolute Gasteiger partial charge is 0.345 e. The zero-order chi connectivity index (χ0) is 16.3. The van der Waals surface area contributed by atoms with Crippen molar-refractivity contribution in [1.82, 2.24) is 0 Å². The van der Waals surface area contributed by atoms with E-state index in [0.29, 0.717) is 4.47 Å². The Morgan fingerprint density at radius 2 is 2.05 bits per heavy atom. The molecule has 0 aliphatic carbocycles. The first-order chi connectivity index (χ1) is 10.3. The monoisotopic (exact) mass is 371 g/mol. The number of esters is 1. The molecule has 0 spiro atoms. The predicted octanol–water partition coefficient (Wildman–Crippen LogP) is 2.27. The van der Waals surface area contributed by atoms with E-state index in [4.69, 9.17) is 4.74 Å². The Hall–Kier alpha value is -1.47. The Morgan fingerprint density at radius 1 is 1.41 bits per heavy atom. The number of rotatable bonds is 4. The van der Waals surface area contributed by atoms with Gasteiger partial charge in [0.2, 0.25) is 0 Å². The number of carbonyl (C=O) groups excluding carboxylic acids is 1. The molecule has 6 nitrogen and oxygen atoms in total. The number of hydrogen-bond donors (Lipinski definition) is 1. The SMILES string of the molecule is CC(C)(OC(=O)c1ccc(Br)cc1[N+](=O)[O-])C1CC[NH2+]CC1. The summed E-state index contributed by atoms with van der Waals surface area (Å²) < 4.78 is 6.18. The maximum atomic E-state index is 12.4. The number of benzene rings is 1. The lowest BCUT2D eigenvalue weighted by Gasteiger charge is -2.35. The van der Waals surface area contributed by atoms with Gasteiger partial charge in [0.15, 0.2) is 0 Å². The van der Waals surface area contributed by atoms with Crippen LogP contribution in [0.1, 0.15) is 37.0 Å². The van der Waals surface area contributed by atoms with E-state index in [2.05, 4.69) is 21.2 Å². The van der Waals surface area contributed by atoms with Gasteiger partial charge in [-0.3, -0.25) is 10.1 Å². The van der Waals surface area contributed by atoms with Crippen molar-refractivity contribution >= 4 is 27.6 Å². The summed E-state index contributed by atoms with van der Waals surface area (Å²) in [5.41, 5.74) is -0.887. The number of hydrogen-bond acceptors (Lipinski definition) is 4. The van der Waals surface area contributed by atoms with E-state index in [1.54, 1.807) is 6.07 Å². The normalized spacial score (nSPS) is 16.3. The highest BCUT2D eigenvalue weighted by molar-refractivity contribution is 9.10. The number of halogens is 1. The minimum absolute atomic E-state index is 0.0105. The molecule has 1 aromatic rings. The molecule has 2 rings (SSSR count). The highest BCUT2D eigenvalue weighted by atomic mass is 79.9. The van der Waals surface area contributed by atoms with Gasteiger partial charge in [-0.15, -0.1) is 0 Å². The van der Waals surface area contributed by atoms with Crippen LogP contribution in [-0.4, -0.2) is 29.6 Å². The van der Waals surface area contributed by atoms with Gasteiger partial charge in [-0.1, -0.05) is 15.9 Å². The second-order valence-corrected chi connectivity index (χ2v) is 6.97. The highest BCUT2D eigenvalue weighted by Crippen LogP contribution is 2.31. The van der Waals surface area contributed by atoms with Crippen LogP contribution < -0.4 is 5.32 Å². The summed E-state index contributed by atoms with van der Waals surface area (Å²) in [6.07, 6.45) is 1.95. The molecular formula is C15H20BrN2O4+. The molecule has 1 aliphatic heterocycles. The Morgan fingerprint density at radius 3 is 2.64 bits per heavy atom. The average Bonchev–Trinajstić information content (AvgIpc) is 2.47. The molecule has 120 valence electrons. The van der Waals surface area contributed by atoms with Crippen LogP contribution >= 0.6 is 15.9 Å². The molecule has 1 aliphatic rings. The topological polar surface area (TPSA) is 86.0 Å². The van der Waals surface area contributed by atoms with Gasteiger partial charge in [-0.2, -0.15) is 0 Å². The molecule has 0 atom stereocenters. The minimum Gasteiger partial charge on any atom is -0.456 e. The lowest BCUT2D eigenvalue weighted by Crippen LogP contribution is -2.86. The first-order valence-electron chi connectivity index (χ1n) is 7.30. The number of quaternary nitrogens is 1. The van der Waals surface area contributed by atoms with Crippen LogP contribution in [0.3, 0.4) is 0 Å². The third kappa shape index (κ3) is 3.84. The van der Waals surface area contributed by atoms with E-state index in [9.17, 15) is 14.9 Å². The molecule has 0 unspecified atom stereocenters. The van der Waals surface area contributed by atoms with Crippen molar-refractivity contribution in [3.63, 3.8) is 0 Å². The van der Waals surface area contributed by atoms with Crippen LogP contribution in [0.5, 0.6) is 0 Å². The lowest BCUT2D eigenvalue weighted by atomic mass is 9.83. The fourth-order valence-corrected chi connectivity index (χ4v) is 3.18. The average molecular weight is 372 g/mol. The van der Waals surface area contributed by atoms with Gasteiger partial charge in [0.05, 0.1) is 18.0 Å². The third-order valence-corrected chi connectivity index (χ3v) is 4.65. The van der Waals surface area contributed by atoms with E-state index in [0.717, 1.165) is 25.9 Å². The molecule has 0 saturated carbocycles. The fourth-order valence-electron chi connectivity index (χ4n) is 2.83. The first kappa shape index (κ1) is 16.9. The summed E-state index contributed by atoms with van der Waals surface area (Å²) in [6, 6.07) is 4.35. The van der Waals surface area contributed by atoms with E-state index in [1.165, 1.54) is 12.1 Å². The third-order valence-electron chi connectivity index (χ3n) is 4.15. The number of nitro groups is 1. The quantitative estimate of drug-likeness (QED) is 0.499. The Labute approximate surface area is 137 Å². The molecule has 0 amide bonds. The highest BCUT2D eigenvalue weighted by Gasteiger charge is 2.36.